The number of carboxylic acids is 1. The van der Waals surface area contributed by atoms with E-state index in [1.54, 1.807) is 0 Å². The number of nitrogens with one attached hydrogen (secondary N) is 3. The van der Waals surface area contributed by atoms with Gasteiger partial charge in [-0.1, -0.05) is 11.3 Å². The number of carbonyl (C=O) groups is 2. The quantitative estimate of drug-likeness (QED) is 0.579. The fourth-order valence-electron chi connectivity index (χ4n) is 1.32. The normalized spacial score (nSPS) is 10.7. The van der Waals surface area contributed by atoms with Crippen molar-refractivity contribution in [1.29, 1.82) is 0 Å². The van der Waals surface area contributed by atoms with E-state index in [4.69, 9.17) is 5.11 Å². The summed E-state index contributed by atoms with van der Waals surface area (Å²) in [6, 6.07) is 0. The van der Waals surface area contributed by atoms with E-state index in [1.807, 2.05) is 4.98 Å². The number of aromatic nitrogens is 3. The fourth-order valence-corrected chi connectivity index (χ4v) is 2.03. The molecular formula is C11H8N4O5S. The standard InChI is InChI=1S/C11H8N4O5S/c16-7(17)2-1-5-3-13-11(21-5)15-9(19)6-4-12-10(20)14-8(6)18/h1-4H,(H,16,17)(H,13,15,19)(H2,12,14,18,20). The van der Waals surface area contributed by atoms with Crippen LogP contribution in [0.3, 0.4) is 0 Å². The molecule has 10 heteroatoms. The number of thiazole rings is 1. The molecule has 0 aliphatic heterocycles. The third kappa shape index (κ3) is 3.73. The Labute approximate surface area is 120 Å². The number of hydrogen-bond donors (Lipinski definition) is 4. The van der Waals surface area contributed by atoms with E-state index in [9.17, 15) is 19.2 Å². The van der Waals surface area contributed by atoms with Crippen molar-refractivity contribution in [3.63, 3.8) is 0 Å². The maximum absolute atomic E-state index is 11.8. The van der Waals surface area contributed by atoms with Crippen molar-refractivity contribution < 1.29 is 14.7 Å². The summed E-state index contributed by atoms with van der Waals surface area (Å²) in [6.45, 7) is 0. The highest BCUT2D eigenvalue weighted by Gasteiger charge is 2.12. The van der Waals surface area contributed by atoms with Gasteiger partial charge in [-0.25, -0.2) is 14.6 Å². The number of rotatable bonds is 4. The van der Waals surface area contributed by atoms with E-state index in [0.29, 0.717) is 4.88 Å². The minimum Gasteiger partial charge on any atom is -0.478 e. The summed E-state index contributed by atoms with van der Waals surface area (Å²) < 4.78 is 0. The number of nitrogens with zero attached hydrogens (tertiary/aromatic N) is 1. The summed E-state index contributed by atoms with van der Waals surface area (Å²) in [4.78, 5) is 52.9. The van der Waals surface area contributed by atoms with Crippen molar-refractivity contribution >= 4 is 34.4 Å². The fraction of sp³-hybridized carbons (Fsp3) is 0. The van der Waals surface area contributed by atoms with Gasteiger partial charge in [-0.15, -0.1) is 0 Å². The molecule has 2 aromatic heterocycles. The van der Waals surface area contributed by atoms with Gasteiger partial charge in [0.05, 0.1) is 0 Å². The minimum absolute atomic E-state index is 0.190. The Hall–Kier alpha value is -3.01. The second-order valence-electron chi connectivity index (χ2n) is 3.68. The lowest BCUT2D eigenvalue weighted by Gasteiger charge is -1.99. The second kappa shape index (κ2) is 5.96. The van der Waals surface area contributed by atoms with Crippen molar-refractivity contribution in [1.82, 2.24) is 15.0 Å². The molecule has 1 amide bonds. The van der Waals surface area contributed by atoms with E-state index in [1.165, 1.54) is 12.3 Å². The maximum atomic E-state index is 11.8. The van der Waals surface area contributed by atoms with E-state index >= 15 is 0 Å². The molecular weight excluding hydrogens is 300 g/mol. The molecule has 0 aromatic carbocycles. The van der Waals surface area contributed by atoms with Crippen LogP contribution in [0.1, 0.15) is 15.2 Å². The molecule has 2 rings (SSSR count). The molecule has 9 nitrogen and oxygen atoms in total. The molecule has 0 unspecified atom stereocenters. The number of aliphatic carboxylic acids is 1. The molecule has 2 heterocycles. The zero-order valence-electron chi connectivity index (χ0n) is 10.2. The molecule has 0 radical (unpaired) electrons. The van der Waals surface area contributed by atoms with Gasteiger partial charge in [0.25, 0.3) is 11.5 Å². The lowest BCUT2D eigenvalue weighted by molar-refractivity contribution is -0.131. The Morgan fingerprint density at radius 3 is 2.81 bits per heavy atom. The predicted molar refractivity (Wildman–Crippen MR) is 74.4 cm³/mol. The van der Waals surface area contributed by atoms with E-state index < -0.39 is 23.1 Å². The molecule has 0 atom stereocenters. The van der Waals surface area contributed by atoms with Gasteiger partial charge >= 0.3 is 11.7 Å². The average Bonchev–Trinajstić information content (AvgIpc) is 2.83. The minimum atomic E-state index is -1.10. The maximum Gasteiger partial charge on any atom is 0.328 e. The van der Waals surface area contributed by atoms with Gasteiger partial charge in [-0.05, 0) is 6.08 Å². The van der Waals surface area contributed by atoms with E-state index in [0.717, 1.165) is 23.6 Å². The largest absolute Gasteiger partial charge is 0.478 e. The topological polar surface area (TPSA) is 145 Å². The first-order valence-corrected chi connectivity index (χ1v) is 6.27. The highest BCUT2D eigenvalue weighted by atomic mass is 32.1. The number of H-pyrrole nitrogens is 2. The van der Waals surface area contributed by atoms with Crippen LogP contribution < -0.4 is 16.6 Å². The zero-order valence-corrected chi connectivity index (χ0v) is 11.1. The van der Waals surface area contributed by atoms with Gasteiger partial charge in [-0.2, -0.15) is 0 Å². The average molecular weight is 308 g/mol. The molecule has 0 bridgehead atoms. The van der Waals surface area contributed by atoms with Crippen LogP contribution in [0.15, 0.2) is 28.1 Å². The first kappa shape index (κ1) is 14.4. The summed E-state index contributed by atoms with van der Waals surface area (Å²) >= 11 is 1.03. The van der Waals surface area contributed by atoms with E-state index in [-0.39, 0.29) is 10.7 Å². The molecule has 0 aliphatic carbocycles. The Balaban J connectivity index is 2.15. The first-order valence-electron chi connectivity index (χ1n) is 5.46. The Morgan fingerprint density at radius 1 is 1.38 bits per heavy atom. The van der Waals surface area contributed by atoms with Crippen molar-refractivity contribution in [2.75, 3.05) is 5.32 Å². The highest BCUT2D eigenvalue weighted by molar-refractivity contribution is 7.16. The van der Waals surface area contributed by atoms with Crippen molar-refractivity contribution in [2.24, 2.45) is 0 Å². The zero-order chi connectivity index (χ0) is 15.4. The van der Waals surface area contributed by atoms with Crippen LogP contribution in [-0.2, 0) is 4.79 Å². The van der Waals surface area contributed by atoms with Crippen molar-refractivity contribution in [2.45, 2.75) is 0 Å². The monoisotopic (exact) mass is 308 g/mol. The number of carbonyl (C=O) groups excluding carboxylic acids is 1. The van der Waals surface area contributed by atoms with Gasteiger partial charge in [0.2, 0.25) is 0 Å². The third-order valence-electron chi connectivity index (χ3n) is 2.20. The third-order valence-corrected chi connectivity index (χ3v) is 3.08. The van der Waals surface area contributed by atoms with Crippen molar-refractivity contribution in [3.8, 4) is 0 Å². The van der Waals surface area contributed by atoms with E-state index in [2.05, 4.69) is 15.3 Å². The lowest BCUT2D eigenvalue weighted by atomic mass is 10.3. The van der Waals surface area contributed by atoms with Crippen LogP contribution in [0.2, 0.25) is 0 Å². The highest BCUT2D eigenvalue weighted by Crippen LogP contribution is 2.19. The molecule has 2 aromatic rings. The van der Waals surface area contributed by atoms with Crippen LogP contribution in [0.25, 0.3) is 6.08 Å². The van der Waals surface area contributed by atoms with Crippen molar-refractivity contribution in [3.05, 3.63) is 49.7 Å². The van der Waals surface area contributed by atoms with Crippen LogP contribution in [0, 0.1) is 0 Å². The molecule has 0 fully saturated rings. The van der Waals surface area contributed by atoms with Gasteiger partial charge in [-0.3, -0.25) is 19.9 Å². The van der Waals surface area contributed by atoms with Crippen LogP contribution in [-0.4, -0.2) is 31.9 Å². The molecule has 0 saturated carbocycles. The number of carboxylic acid groups (broad SMARTS) is 1. The van der Waals surface area contributed by atoms with Gasteiger partial charge in [0.15, 0.2) is 5.13 Å². The van der Waals surface area contributed by atoms with Crippen LogP contribution >= 0.6 is 11.3 Å². The summed E-state index contributed by atoms with van der Waals surface area (Å²) in [7, 11) is 0. The number of amides is 1. The summed E-state index contributed by atoms with van der Waals surface area (Å²) in [5.41, 5.74) is -1.81. The summed E-state index contributed by atoms with van der Waals surface area (Å²) in [6.07, 6.45) is 4.63. The van der Waals surface area contributed by atoms with Crippen LogP contribution in [0.5, 0.6) is 0 Å². The number of anilines is 1. The number of aromatic amines is 2. The van der Waals surface area contributed by atoms with Gasteiger partial charge in [0, 0.05) is 23.3 Å². The summed E-state index contributed by atoms with van der Waals surface area (Å²) in [5.74, 6) is -1.84. The van der Waals surface area contributed by atoms with Gasteiger partial charge < -0.3 is 10.1 Å². The van der Waals surface area contributed by atoms with Crippen LogP contribution in [0.4, 0.5) is 5.13 Å². The first-order chi connectivity index (χ1) is 9.95. The second-order valence-corrected chi connectivity index (χ2v) is 4.74. The summed E-state index contributed by atoms with van der Waals surface area (Å²) in [5, 5.41) is 11.1. The number of hydrogen-bond acceptors (Lipinski definition) is 6. The molecule has 21 heavy (non-hydrogen) atoms. The molecule has 0 spiro atoms. The molecule has 0 aliphatic rings. The molecule has 108 valence electrons. The smallest absolute Gasteiger partial charge is 0.328 e. The predicted octanol–water partition coefficient (Wildman–Crippen LogP) is -0.130. The lowest BCUT2D eigenvalue weighted by Crippen LogP contribution is -2.29. The Kier molecular flexibility index (Phi) is 4.09. The SMILES string of the molecule is O=C(O)C=Cc1cnc(NC(=O)c2c[nH]c(=O)[nH]c2=O)s1. The molecule has 0 saturated heterocycles. The Bertz CT molecular complexity index is 831. The molecule has 4 N–H and O–H groups in total. The Morgan fingerprint density at radius 2 is 2.14 bits per heavy atom. The van der Waals surface area contributed by atoms with Gasteiger partial charge in [0.1, 0.15) is 5.56 Å².